The molecule has 0 saturated carbocycles. The molecule has 5 heteroatoms. The van der Waals surface area contributed by atoms with Crippen molar-refractivity contribution in [2.24, 2.45) is 5.73 Å². The van der Waals surface area contributed by atoms with Crippen molar-refractivity contribution >= 4 is 11.6 Å². The molecular weight excluding hydrogens is 240 g/mol. The Morgan fingerprint density at radius 1 is 1.47 bits per heavy atom. The maximum absolute atomic E-state index is 5.98. The second kappa shape index (κ2) is 4.77. The highest BCUT2D eigenvalue weighted by Crippen LogP contribution is 2.34. The lowest BCUT2D eigenvalue weighted by molar-refractivity contribution is 0.416. The van der Waals surface area contributed by atoms with E-state index in [-0.39, 0.29) is 6.54 Å². The average Bonchev–Trinajstić information content (AvgIpc) is 2.70. The molecule has 1 aromatic heterocycles. The molecule has 2 N–H and O–H groups in total. The number of methoxy groups -OCH3 is 1. The van der Waals surface area contributed by atoms with Crippen molar-refractivity contribution in [1.82, 2.24) is 4.98 Å². The number of nitrogens with two attached hydrogens (primary N) is 1. The van der Waals surface area contributed by atoms with Crippen LogP contribution in [0.25, 0.3) is 11.3 Å². The van der Waals surface area contributed by atoms with Crippen LogP contribution in [0.5, 0.6) is 5.75 Å². The second-order valence-corrected chi connectivity index (χ2v) is 3.99. The van der Waals surface area contributed by atoms with Gasteiger partial charge in [-0.2, -0.15) is 0 Å². The number of hydrogen-bond donors (Lipinski definition) is 1. The van der Waals surface area contributed by atoms with Gasteiger partial charge in [-0.3, -0.25) is 0 Å². The number of oxazole rings is 1. The van der Waals surface area contributed by atoms with E-state index in [4.69, 9.17) is 26.5 Å². The molecule has 0 atom stereocenters. The van der Waals surface area contributed by atoms with E-state index in [0.29, 0.717) is 28.1 Å². The molecule has 0 fully saturated rings. The van der Waals surface area contributed by atoms with Gasteiger partial charge in [-0.15, -0.1) is 0 Å². The van der Waals surface area contributed by atoms with Gasteiger partial charge in [0.05, 0.1) is 13.7 Å². The second-order valence-electron chi connectivity index (χ2n) is 3.55. The number of halogens is 1. The van der Waals surface area contributed by atoms with Crippen LogP contribution in [0, 0.1) is 6.92 Å². The molecule has 0 amide bonds. The molecule has 2 aromatic rings. The Labute approximate surface area is 104 Å². The summed E-state index contributed by atoms with van der Waals surface area (Å²) in [5.74, 6) is 1.89. The number of nitrogens with zero attached hydrogens (tertiary/aromatic N) is 1. The molecule has 0 unspecified atom stereocenters. The van der Waals surface area contributed by atoms with E-state index >= 15 is 0 Å². The Morgan fingerprint density at radius 3 is 2.88 bits per heavy atom. The quantitative estimate of drug-likeness (QED) is 0.912. The molecule has 1 heterocycles. The maximum atomic E-state index is 5.98. The van der Waals surface area contributed by atoms with Gasteiger partial charge < -0.3 is 14.9 Å². The van der Waals surface area contributed by atoms with Crippen molar-refractivity contribution < 1.29 is 9.15 Å². The summed E-state index contributed by atoms with van der Waals surface area (Å²) in [7, 11) is 1.60. The molecule has 0 spiro atoms. The maximum Gasteiger partial charge on any atom is 0.191 e. The number of aryl methyl sites for hydroxylation is 1. The van der Waals surface area contributed by atoms with Crippen molar-refractivity contribution in [2.75, 3.05) is 7.11 Å². The number of rotatable bonds is 3. The lowest BCUT2D eigenvalue weighted by Crippen LogP contribution is -1.97. The highest BCUT2D eigenvalue weighted by molar-refractivity contribution is 6.30. The third-order valence-corrected chi connectivity index (χ3v) is 2.64. The molecule has 90 valence electrons. The van der Waals surface area contributed by atoms with Crippen LogP contribution >= 0.6 is 11.6 Å². The summed E-state index contributed by atoms with van der Waals surface area (Å²) in [6.45, 7) is 2.06. The topological polar surface area (TPSA) is 61.3 Å². The zero-order chi connectivity index (χ0) is 12.4. The zero-order valence-electron chi connectivity index (χ0n) is 9.66. The first-order valence-electron chi connectivity index (χ1n) is 5.16. The van der Waals surface area contributed by atoms with Crippen molar-refractivity contribution in [3.8, 4) is 17.0 Å². The van der Waals surface area contributed by atoms with E-state index in [1.54, 1.807) is 32.2 Å². The zero-order valence-corrected chi connectivity index (χ0v) is 10.4. The molecule has 0 saturated heterocycles. The monoisotopic (exact) mass is 252 g/mol. The van der Waals surface area contributed by atoms with Crippen LogP contribution in [0.4, 0.5) is 0 Å². The minimum Gasteiger partial charge on any atom is -0.496 e. The molecule has 1 aromatic carbocycles. The van der Waals surface area contributed by atoms with Crippen molar-refractivity contribution in [3.05, 3.63) is 34.9 Å². The van der Waals surface area contributed by atoms with E-state index in [9.17, 15) is 0 Å². The Kier molecular flexibility index (Phi) is 3.36. The smallest absolute Gasteiger partial charge is 0.191 e. The minimum atomic E-state index is 0.284. The first-order chi connectivity index (χ1) is 8.15. The van der Waals surface area contributed by atoms with Crippen LogP contribution in [-0.4, -0.2) is 12.1 Å². The summed E-state index contributed by atoms with van der Waals surface area (Å²) >= 11 is 5.98. The summed E-state index contributed by atoms with van der Waals surface area (Å²) in [6.07, 6.45) is 0. The van der Waals surface area contributed by atoms with Crippen LogP contribution in [0.2, 0.25) is 5.02 Å². The number of benzene rings is 1. The van der Waals surface area contributed by atoms with Gasteiger partial charge in [0.15, 0.2) is 5.89 Å². The molecule has 0 aliphatic rings. The molecule has 0 bridgehead atoms. The first kappa shape index (κ1) is 12.0. The molecule has 0 radical (unpaired) electrons. The lowest BCUT2D eigenvalue weighted by Gasteiger charge is -2.07. The molecule has 0 aliphatic heterocycles. The van der Waals surface area contributed by atoms with Gasteiger partial charge in [-0.05, 0) is 18.2 Å². The summed E-state index contributed by atoms with van der Waals surface area (Å²) in [4.78, 5) is 4.32. The normalized spacial score (nSPS) is 10.6. The van der Waals surface area contributed by atoms with Gasteiger partial charge >= 0.3 is 0 Å². The third-order valence-electron chi connectivity index (χ3n) is 2.41. The molecule has 4 nitrogen and oxygen atoms in total. The highest BCUT2D eigenvalue weighted by Gasteiger charge is 2.16. The van der Waals surface area contributed by atoms with Gasteiger partial charge in [0, 0.05) is 17.5 Å². The fourth-order valence-corrected chi connectivity index (χ4v) is 1.86. The predicted octanol–water partition coefficient (Wildman–Crippen LogP) is 2.77. The minimum absolute atomic E-state index is 0.284. The average molecular weight is 253 g/mol. The Balaban J connectivity index is 2.61. The van der Waals surface area contributed by atoms with E-state index in [1.807, 2.05) is 0 Å². The highest BCUT2D eigenvalue weighted by atomic mass is 35.5. The van der Waals surface area contributed by atoms with Crippen LogP contribution in [-0.2, 0) is 6.54 Å². The van der Waals surface area contributed by atoms with E-state index in [2.05, 4.69) is 4.98 Å². The largest absolute Gasteiger partial charge is 0.496 e. The first-order valence-corrected chi connectivity index (χ1v) is 5.53. The van der Waals surface area contributed by atoms with Crippen molar-refractivity contribution in [1.29, 1.82) is 0 Å². The fraction of sp³-hybridized carbons (Fsp3) is 0.250. The summed E-state index contributed by atoms with van der Waals surface area (Å²) < 4.78 is 10.7. The summed E-state index contributed by atoms with van der Waals surface area (Å²) in [5.41, 5.74) is 7.10. The van der Waals surface area contributed by atoms with Gasteiger partial charge in [0.25, 0.3) is 0 Å². The van der Waals surface area contributed by atoms with E-state index in [1.165, 1.54) is 0 Å². The molecule has 2 rings (SSSR count). The summed E-state index contributed by atoms with van der Waals surface area (Å²) in [6, 6.07) is 5.35. The Hall–Kier alpha value is -1.52. The van der Waals surface area contributed by atoms with Gasteiger partial charge in [0.1, 0.15) is 17.2 Å². The number of hydrogen-bond acceptors (Lipinski definition) is 4. The van der Waals surface area contributed by atoms with Crippen LogP contribution in [0.3, 0.4) is 0 Å². The third kappa shape index (κ3) is 2.28. The SMILES string of the molecule is COc1ccc(Cl)cc1-c1nc(C)oc1CN. The molecule has 17 heavy (non-hydrogen) atoms. The van der Waals surface area contributed by atoms with E-state index in [0.717, 1.165) is 5.56 Å². The van der Waals surface area contributed by atoms with Gasteiger partial charge in [0.2, 0.25) is 0 Å². The number of ether oxygens (including phenoxy) is 1. The fourth-order valence-electron chi connectivity index (χ4n) is 1.68. The Morgan fingerprint density at radius 2 is 2.24 bits per heavy atom. The van der Waals surface area contributed by atoms with Crippen LogP contribution < -0.4 is 10.5 Å². The van der Waals surface area contributed by atoms with Crippen molar-refractivity contribution in [3.63, 3.8) is 0 Å². The number of aromatic nitrogens is 1. The summed E-state index contributed by atoms with van der Waals surface area (Å²) in [5, 5.41) is 0.615. The van der Waals surface area contributed by atoms with Crippen LogP contribution in [0.15, 0.2) is 22.6 Å². The predicted molar refractivity (Wildman–Crippen MR) is 66.1 cm³/mol. The molecular formula is C12H13ClN2O2. The van der Waals surface area contributed by atoms with Crippen molar-refractivity contribution in [2.45, 2.75) is 13.5 Å². The van der Waals surface area contributed by atoms with Gasteiger partial charge in [-0.25, -0.2) is 4.98 Å². The Bertz CT molecular complexity index is 537. The van der Waals surface area contributed by atoms with E-state index < -0.39 is 0 Å². The van der Waals surface area contributed by atoms with Crippen LogP contribution in [0.1, 0.15) is 11.7 Å². The standard InChI is InChI=1S/C12H13ClN2O2/c1-7-15-12(11(6-14)17-7)9-5-8(13)3-4-10(9)16-2/h3-5H,6,14H2,1-2H3. The van der Waals surface area contributed by atoms with Gasteiger partial charge in [-0.1, -0.05) is 11.6 Å². The lowest BCUT2D eigenvalue weighted by atomic mass is 10.1. The molecule has 0 aliphatic carbocycles.